The van der Waals surface area contributed by atoms with Crippen LogP contribution in [0.15, 0.2) is 78.9 Å². The molecule has 2 atom stereocenters. The van der Waals surface area contributed by atoms with Gasteiger partial charge < -0.3 is 14.7 Å². The van der Waals surface area contributed by atoms with E-state index in [9.17, 15) is 14.7 Å². The number of rotatable bonds is 12. The second kappa shape index (κ2) is 13.6. The molecule has 9 heteroatoms. The lowest BCUT2D eigenvalue weighted by molar-refractivity contribution is -0.159. The Kier molecular flexibility index (Phi) is 9.75. The van der Waals surface area contributed by atoms with Crippen molar-refractivity contribution in [1.29, 1.82) is 0 Å². The van der Waals surface area contributed by atoms with Crippen LogP contribution in [0.1, 0.15) is 44.7 Å². The van der Waals surface area contributed by atoms with E-state index < -0.39 is 18.1 Å². The highest BCUT2D eigenvalue weighted by Crippen LogP contribution is 2.30. The Morgan fingerprint density at radius 1 is 0.900 bits per heavy atom. The van der Waals surface area contributed by atoms with Gasteiger partial charge in [0.2, 0.25) is 11.7 Å². The zero-order valence-electron chi connectivity index (χ0n) is 23.0. The molecule has 1 heterocycles. The molecule has 0 radical (unpaired) electrons. The zero-order valence-corrected chi connectivity index (χ0v) is 23.0. The molecule has 4 rings (SSSR count). The predicted molar refractivity (Wildman–Crippen MR) is 151 cm³/mol. The van der Waals surface area contributed by atoms with E-state index in [2.05, 4.69) is 20.6 Å². The fourth-order valence-corrected chi connectivity index (χ4v) is 4.58. The van der Waals surface area contributed by atoms with Crippen molar-refractivity contribution in [2.24, 2.45) is 5.92 Å². The van der Waals surface area contributed by atoms with Gasteiger partial charge >= 0.3 is 5.97 Å². The van der Waals surface area contributed by atoms with Crippen molar-refractivity contribution in [2.75, 3.05) is 0 Å². The summed E-state index contributed by atoms with van der Waals surface area (Å²) < 4.78 is 5.67. The van der Waals surface area contributed by atoms with E-state index >= 15 is 0 Å². The number of tetrazole rings is 1. The van der Waals surface area contributed by atoms with Crippen molar-refractivity contribution in [3.8, 4) is 22.5 Å². The number of ether oxygens (including phenoxy) is 1. The number of aliphatic hydroxyl groups is 1. The maximum atomic E-state index is 13.4. The van der Waals surface area contributed by atoms with Gasteiger partial charge in [-0.25, -0.2) is 4.79 Å². The summed E-state index contributed by atoms with van der Waals surface area (Å²) in [4.78, 5) is 28.3. The minimum absolute atomic E-state index is 0.128. The van der Waals surface area contributed by atoms with E-state index in [1.165, 1.54) is 0 Å². The van der Waals surface area contributed by atoms with Gasteiger partial charge in [0.1, 0.15) is 12.6 Å². The first-order chi connectivity index (χ1) is 19.3. The summed E-state index contributed by atoms with van der Waals surface area (Å²) in [6.07, 6.45) is -0.180. The molecule has 40 heavy (non-hydrogen) atoms. The van der Waals surface area contributed by atoms with Crippen molar-refractivity contribution >= 4 is 11.9 Å². The van der Waals surface area contributed by atoms with E-state index in [4.69, 9.17) is 4.74 Å². The average Bonchev–Trinajstić information content (AvgIpc) is 3.50. The summed E-state index contributed by atoms with van der Waals surface area (Å²) in [5.41, 5.74) is 4.50. The van der Waals surface area contributed by atoms with Crippen LogP contribution >= 0.6 is 0 Å². The molecule has 0 aliphatic rings. The minimum atomic E-state index is -0.774. The minimum Gasteiger partial charge on any atom is -0.459 e. The molecular weight excluding hydrogens is 506 g/mol. The molecule has 2 N–H and O–H groups in total. The van der Waals surface area contributed by atoms with Crippen molar-refractivity contribution in [3.63, 3.8) is 0 Å². The summed E-state index contributed by atoms with van der Waals surface area (Å²) in [5, 5.41) is 24.2. The Morgan fingerprint density at radius 3 is 2.20 bits per heavy atom. The van der Waals surface area contributed by atoms with Crippen molar-refractivity contribution in [2.45, 2.75) is 58.9 Å². The van der Waals surface area contributed by atoms with E-state index in [-0.39, 0.29) is 31.4 Å². The number of H-pyrrole nitrogens is 1. The number of esters is 1. The molecule has 0 spiro atoms. The molecule has 0 fully saturated rings. The third-order valence-corrected chi connectivity index (χ3v) is 6.66. The molecule has 0 saturated heterocycles. The molecule has 1 amide bonds. The molecule has 0 saturated carbocycles. The first kappa shape index (κ1) is 28.6. The van der Waals surface area contributed by atoms with Gasteiger partial charge in [-0.1, -0.05) is 92.7 Å². The third kappa shape index (κ3) is 7.39. The number of hydrogen-bond acceptors (Lipinski definition) is 7. The number of aromatic amines is 1. The SMILES string of the molecule is CC(O)CCC(=O)N(Cc1ccc(-c2ccccc2-c2nn[nH]n2)cc1)[C@H](C(=O)OCc1ccccc1)C(C)C. The standard InChI is InChI=1S/C31H35N5O4/c1-21(2)29(31(39)40-20-24-9-5-4-6-10-24)36(28(38)18-13-22(3)37)19-23-14-16-25(17-15-23)26-11-7-8-12-27(26)30-32-34-35-33-30/h4-12,14-17,21-22,29,37H,13,18-20H2,1-3H3,(H,32,33,34,35)/t22?,29-/m0/s1. The summed E-state index contributed by atoms with van der Waals surface area (Å²) in [7, 11) is 0. The highest BCUT2D eigenvalue weighted by Gasteiger charge is 2.34. The van der Waals surface area contributed by atoms with E-state index in [0.717, 1.165) is 27.8 Å². The summed E-state index contributed by atoms with van der Waals surface area (Å²) >= 11 is 0. The van der Waals surface area contributed by atoms with Gasteiger partial charge in [-0.3, -0.25) is 4.79 Å². The number of nitrogens with one attached hydrogen (secondary N) is 1. The van der Waals surface area contributed by atoms with Gasteiger partial charge in [-0.2, -0.15) is 5.21 Å². The lowest BCUT2D eigenvalue weighted by atomic mass is 9.97. The van der Waals surface area contributed by atoms with Gasteiger partial charge in [-0.05, 0) is 46.7 Å². The van der Waals surface area contributed by atoms with Crippen LogP contribution in [0.4, 0.5) is 0 Å². The van der Waals surface area contributed by atoms with E-state index in [0.29, 0.717) is 12.2 Å². The number of benzene rings is 3. The molecule has 208 valence electrons. The van der Waals surface area contributed by atoms with Crippen LogP contribution in [-0.4, -0.2) is 54.7 Å². The molecule has 0 aliphatic carbocycles. The van der Waals surface area contributed by atoms with Crippen LogP contribution < -0.4 is 0 Å². The lowest BCUT2D eigenvalue weighted by Gasteiger charge is -2.33. The fourth-order valence-electron chi connectivity index (χ4n) is 4.58. The Balaban J connectivity index is 1.57. The predicted octanol–water partition coefficient (Wildman–Crippen LogP) is 4.79. The van der Waals surface area contributed by atoms with Crippen molar-refractivity contribution in [3.05, 3.63) is 90.0 Å². The zero-order chi connectivity index (χ0) is 28.5. The van der Waals surface area contributed by atoms with Crippen molar-refractivity contribution < 1.29 is 19.4 Å². The molecule has 1 aromatic heterocycles. The highest BCUT2D eigenvalue weighted by atomic mass is 16.5. The number of carbonyl (C=O) groups excluding carboxylic acids is 2. The van der Waals surface area contributed by atoms with Crippen LogP contribution in [0.5, 0.6) is 0 Å². The number of carbonyl (C=O) groups is 2. The van der Waals surface area contributed by atoms with E-state index in [1.807, 2.05) is 92.7 Å². The van der Waals surface area contributed by atoms with Crippen LogP contribution in [-0.2, 0) is 27.5 Å². The molecule has 0 aliphatic heterocycles. The van der Waals surface area contributed by atoms with E-state index in [1.54, 1.807) is 11.8 Å². The van der Waals surface area contributed by atoms with Crippen LogP contribution in [0.3, 0.4) is 0 Å². The molecule has 0 bridgehead atoms. The smallest absolute Gasteiger partial charge is 0.329 e. The van der Waals surface area contributed by atoms with Gasteiger partial charge in [0.25, 0.3) is 0 Å². The van der Waals surface area contributed by atoms with Gasteiger partial charge in [0, 0.05) is 18.5 Å². The normalized spacial score (nSPS) is 12.6. The second-order valence-corrected chi connectivity index (χ2v) is 10.2. The Labute approximate surface area is 234 Å². The fraction of sp³-hybridized carbons (Fsp3) is 0.323. The first-order valence-corrected chi connectivity index (χ1v) is 13.4. The Hall–Kier alpha value is -4.37. The van der Waals surface area contributed by atoms with Gasteiger partial charge in [0.15, 0.2) is 0 Å². The highest BCUT2D eigenvalue weighted by molar-refractivity contribution is 5.85. The van der Waals surface area contributed by atoms with Gasteiger partial charge in [0.05, 0.1) is 6.10 Å². The molecule has 3 aromatic carbocycles. The topological polar surface area (TPSA) is 121 Å². The summed E-state index contributed by atoms with van der Waals surface area (Å²) in [6, 6.07) is 24.3. The molecule has 9 nitrogen and oxygen atoms in total. The number of aliphatic hydroxyl groups excluding tert-OH is 1. The Bertz CT molecular complexity index is 1370. The maximum Gasteiger partial charge on any atom is 0.329 e. The summed E-state index contributed by atoms with van der Waals surface area (Å²) in [6.45, 7) is 5.82. The monoisotopic (exact) mass is 541 g/mol. The van der Waals surface area contributed by atoms with Crippen LogP contribution in [0.2, 0.25) is 0 Å². The quantitative estimate of drug-likeness (QED) is 0.247. The van der Waals surface area contributed by atoms with Crippen LogP contribution in [0.25, 0.3) is 22.5 Å². The average molecular weight is 542 g/mol. The largest absolute Gasteiger partial charge is 0.459 e. The van der Waals surface area contributed by atoms with Crippen molar-refractivity contribution in [1.82, 2.24) is 25.5 Å². The maximum absolute atomic E-state index is 13.4. The molecule has 4 aromatic rings. The molecule has 1 unspecified atom stereocenters. The summed E-state index contributed by atoms with van der Waals surface area (Å²) in [5.74, 6) is -0.332. The lowest BCUT2D eigenvalue weighted by Crippen LogP contribution is -2.48. The number of hydrogen-bond donors (Lipinski definition) is 2. The van der Waals surface area contributed by atoms with Crippen LogP contribution in [0, 0.1) is 5.92 Å². The number of nitrogens with zero attached hydrogens (tertiary/aromatic N) is 4. The van der Waals surface area contributed by atoms with Gasteiger partial charge in [-0.15, -0.1) is 10.2 Å². The molecular formula is C31H35N5O4. The third-order valence-electron chi connectivity index (χ3n) is 6.66. The Morgan fingerprint density at radius 2 is 1.57 bits per heavy atom. The number of amides is 1. The first-order valence-electron chi connectivity index (χ1n) is 13.4. The number of aromatic nitrogens is 4. The second-order valence-electron chi connectivity index (χ2n) is 10.2.